The maximum absolute atomic E-state index is 8.59. The third kappa shape index (κ3) is 4.67. The van der Waals surface area contributed by atoms with Gasteiger partial charge in [-0.2, -0.15) is 10.5 Å². The normalized spacial score (nSPS) is 11.2. The molecule has 0 radical (unpaired) electrons. The molecule has 0 aliphatic carbocycles. The zero-order valence-electron chi connectivity index (χ0n) is 13.5. The molecule has 2 rings (SSSR count). The van der Waals surface area contributed by atoms with Crippen LogP contribution < -0.4 is 4.90 Å². The van der Waals surface area contributed by atoms with E-state index in [4.69, 9.17) is 10.5 Å². The molecule has 1 aromatic heterocycles. The summed E-state index contributed by atoms with van der Waals surface area (Å²) < 4.78 is 1.16. The van der Waals surface area contributed by atoms with Gasteiger partial charge in [0.25, 0.3) is 0 Å². The summed E-state index contributed by atoms with van der Waals surface area (Å²) in [4.78, 5) is 6.64. The van der Waals surface area contributed by atoms with Gasteiger partial charge in [0.15, 0.2) is 0 Å². The Bertz CT molecular complexity index is 899. The van der Waals surface area contributed by atoms with Gasteiger partial charge in [-0.1, -0.05) is 30.4 Å². The molecule has 0 N–H and O–H groups in total. The van der Waals surface area contributed by atoms with Gasteiger partial charge in [-0.05, 0) is 30.4 Å². The number of aromatic nitrogens is 1. The number of rotatable bonds is 5. The van der Waals surface area contributed by atoms with E-state index in [0.29, 0.717) is 0 Å². The van der Waals surface area contributed by atoms with Crippen molar-refractivity contribution in [2.45, 2.75) is 0 Å². The fourth-order valence-corrected chi connectivity index (χ4v) is 2.78. The Morgan fingerprint density at radius 1 is 1.08 bits per heavy atom. The summed E-state index contributed by atoms with van der Waals surface area (Å²) >= 11 is 1.65. The molecule has 0 aliphatic heterocycles. The maximum atomic E-state index is 8.59. The van der Waals surface area contributed by atoms with Crippen molar-refractivity contribution in [2.75, 3.05) is 19.0 Å². The Morgan fingerprint density at radius 3 is 2.50 bits per heavy atom. The number of anilines is 1. The van der Waals surface area contributed by atoms with Crippen molar-refractivity contribution in [1.29, 1.82) is 10.5 Å². The molecule has 0 spiro atoms. The molecule has 0 unspecified atom stereocenters. The Hall–Kier alpha value is -3.15. The summed E-state index contributed by atoms with van der Waals surface area (Å²) in [5.74, 6) is 0. The molecule has 0 atom stereocenters. The molecule has 0 aliphatic rings. The highest BCUT2D eigenvalue weighted by atomic mass is 32.1. The number of nitrogens with zero attached hydrogens (tertiary/aromatic N) is 4. The highest BCUT2D eigenvalue weighted by molar-refractivity contribution is 7.19. The topological polar surface area (TPSA) is 63.7 Å². The number of hydrogen-bond donors (Lipinski definition) is 0. The van der Waals surface area contributed by atoms with E-state index in [1.807, 2.05) is 44.5 Å². The Labute approximate surface area is 145 Å². The SMILES string of the molecule is CN(C)c1ccc2nc(C=CC=CC=CC=C(C#N)C#N)sc2c1. The number of thiazole rings is 1. The quantitative estimate of drug-likeness (QED) is 0.599. The minimum Gasteiger partial charge on any atom is -0.378 e. The first-order chi connectivity index (χ1) is 11.6. The van der Waals surface area contributed by atoms with Crippen molar-refractivity contribution < 1.29 is 0 Å². The maximum Gasteiger partial charge on any atom is 0.129 e. The molecule has 0 bridgehead atoms. The van der Waals surface area contributed by atoms with Crippen LogP contribution in [0.25, 0.3) is 16.3 Å². The third-order valence-corrected chi connectivity index (χ3v) is 4.08. The monoisotopic (exact) mass is 332 g/mol. The molecule has 0 saturated heterocycles. The van der Waals surface area contributed by atoms with Gasteiger partial charge < -0.3 is 4.90 Å². The molecule has 0 fully saturated rings. The lowest BCUT2D eigenvalue weighted by Gasteiger charge is -2.11. The summed E-state index contributed by atoms with van der Waals surface area (Å²) in [6.45, 7) is 0. The summed E-state index contributed by atoms with van der Waals surface area (Å²) in [5.41, 5.74) is 2.25. The van der Waals surface area contributed by atoms with E-state index >= 15 is 0 Å². The van der Waals surface area contributed by atoms with E-state index in [0.717, 1.165) is 20.9 Å². The van der Waals surface area contributed by atoms with Crippen LogP contribution in [0, 0.1) is 22.7 Å². The van der Waals surface area contributed by atoms with Crippen molar-refractivity contribution in [1.82, 2.24) is 4.98 Å². The van der Waals surface area contributed by atoms with Gasteiger partial charge in [-0.15, -0.1) is 11.3 Å². The standard InChI is InChI=1S/C19H16N4S/c1-23(2)16-10-11-17-18(12-16)24-19(22-17)9-7-5-3-4-6-8-15(13-20)14-21/h3-12H,1-2H3. The Kier molecular flexibility index (Phi) is 6.08. The smallest absolute Gasteiger partial charge is 0.129 e. The molecule has 4 nitrogen and oxygen atoms in total. The van der Waals surface area contributed by atoms with Crippen LogP contribution in [0.3, 0.4) is 0 Å². The molecule has 118 valence electrons. The Morgan fingerprint density at radius 2 is 1.79 bits per heavy atom. The van der Waals surface area contributed by atoms with Gasteiger partial charge >= 0.3 is 0 Å². The predicted octanol–water partition coefficient (Wildman–Crippen LogP) is 4.46. The van der Waals surface area contributed by atoms with E-state index in [1.54, 1.807) is 35.6 Å². The minimum atomic E-state index is 0.0850. The number of nitriles is 2. The van der Waals surface area contributed by atoms with Gasteiger partial charge in [-0.3, -0.25) is 0 Å². The van der Waals surface area contributed by atoms with E-state index in [1.165, 1.54) is 6.08 Å². The van der Waals surface area contributed by atoms with Gasteiger partial charge in [0.1, 0.15) is 22.7 Å². The van der Waals surface area contributed by atoms with Crippen LogP contribution in [0.15, 0.2) is 60.2 Å². The first-order valence-electron chi connectivity index (χ1n) is 7.24. The molecular formula is C19H16N4S. The van der Waals surface area contributed by atoms with E-state index in [-0.39, 0.29) is 5.57 Å². The van der Waals surface area contributed by atoms with Crippen LogP contribution >= 0.6 is 11.3 Å². The van der Waals surface area contributed by atoms with Crippen LogP contribution in [0.4, 0.5) is 5.69 Å². The first kappa shape index (κ1) is 17.2. The predicted molar refractivity (Wildman–Crippen MR) is 101 cm³/mol. The fraction of sp³-hybridized carbons (Fsp3) is 0.105. The van der Waals surface area contributed by atoms with Gasteiger partial charge in [0.05, 0.1) is 10.2 Å². The van der Waals surface area contributed by atoms with Crippen molar-refractivity contribution in [3.05, 3.63) is 65.2 Å². The number of allylic oxidation sites excluding steroid dienone is 7. The molecule has 5 heteroatoms. The van der Waals surface area contributed by atoms with Crippen molar-refractivity contribution in [2.24, 2.45) is 0 Å². The highest BCUT2D eigenvalue weighted by Crippen LogP contribution is 2.26. The van der Waals surface area contributed by atoms with Crippen LogP contribution in [0.5, 0.6) is 0 Å². The Balaban J connectivity index is 2.02. The molecule has 24 heavy (non-hydrogen) atoms. The number of fused-ring (bicyclic) bond motifs is 1. The second kappa shape index (κ2) is 8.47. The molecule has 0 saturated carbocycles. The average Bonchev–Trinajstić information content (AvgIpc) is 2.99. The van der Waals surface area contributed by atoms with Gasteiger partial charge in [-0.25, -0.2) is 4.98 Å². The van der Waals surface area contributed by atoms with Gasteiger partial charge in [0.2, 0.25) is 0 Å². The third-order valence-electron chi connectivity index (χ3n) is 3.09. The number of hydrogen-bond acceptors (Lipinski definition) is 5. The van der Waals surface area contributed by atoms with Gasteiger partial charge in [0, 0.05) is 19.8 Å². The van der Waals surface area contributed by atoms with Crippen LogP contribution in [-0.4, -0.2) is 19.1 Å². The summed E-state index contributed by atoms with van der Waals surface area (Å²) in [7, 11) is 4.04. The first-order valence-corrected chi connectivity index (χ1v) is 8.05. The molecule has 1 heterocycles. The summed E-state index contributed by atoms with van der Waals surface area (Å²) in [6.07, 6.45) is 12.5. The number of benzene rings is 1. The fourth-order valence-electron chi connectivity index (χ4n) is 1.86. The van der Waals surface area contributed by atoms with Crippen LogP contribution in [-0.2, 0) is 0 Å². The molecule has 1 aromatic carbocycles. The molecule has 2 aromatic rings. The lowest BCUT2D eigenvalue weighted by molar-refractivity contribution is 1.14. The zero-order chi connectivity index (χ0) is 17.4. The lowest BCUT2D eigenvalue weighted by Crippen LogP contribution is -2.07. The second-order valence-corrected chi connectivity index (χ2v) is 6.09. The van der Waals surface area contributed by atoms with Crippen LogP contribution in [0.1, 0.15) is 5.01 Å². The van der Waals surface area contributed by atoms with E-state index in [2.05, 4.69) is 22.0 Å². The highest BCUT2D eigenvalue weighted by Gasteiger charge is 2.03. The average molecular weight is 332 g/mol. The minimum absolute atomic E-state index is 0.0850. The van der Waals surface area contributed by atoms with E-state index in [9.17, 15) is 0 Å². The van der Waals surface area contributed by atoms with Crippen molar-refractivity contribution in [3.8, 4) is 12.1 Å². The molecular weight excluding hydrogens is 316 g/mol. The molecule has 0 amide bonds. The lowest BCUT2D eigenvalue weighted by atomic mass is 10.3. The van der Waals surface area contributed by atoms with Crippen molar-refractivity contribution in [3.63, 3.8) is 0 Å². The van der Waals surface area contributed by atoms with E-state index < -0.39 is 0 Å². The summed E-state index contributed by atoms with van der Waals surface area (Å²) in [6, 6.07) is 9.83. The van der Waals surface area contributed by atoms with Crippen molar-refractivity contribution >= 4 is 33.3 Å². The summed E-state index contributed by atoms with van der Waals surface area (Å²) in [5, 5.41) is 18.1. The van der Waals surface area contributed by atoms with Crippen LogP contribution in [0.2, 0.25) is 0 Å². The zero-order valence-corrected chi connectivity index (χ0v) is 14.3. The second-order valence-electron chi connectivity index (χ2n) is 5.03. The largest absolute Gasteiger partial charge is 0.378 e.